The third-order valence-corrected chi connectivity index (χ3v) is 3.02. The highest BCUT2D eigenvalue weighted by molar-refractivity contribution is 6.03. The molecule has 0 saturated carbocycles. The van der Waals surface area contributed by atoms with E-state index in [2.05, 4.69) is 25.6 Å². The van der Waals surface area contributed by atoms with E-state index in [-0.39, 0.29) is 5.69 Å². The predicted molar refractivity (Wildman–Crippen MR) is 78.0 cm³/mol. The summed E-state index contributed by atoms with van der Waals surface area (Å²) in [5, 5.41) is 12.9. The minimum absolute atomic E-state index is 0.0931. The van der Waals surface area contributed by atoms with Gasteiger partial charge in [-0.2, -0.15) is 19.0 Å². The Kier molecular flexibility index (Phi) is 3.83. The normalized spacial score (nSPS) is 11.0. The molecule has 3 aromatic rings. The average Bonchev–Trinajstić information content (AvgIpc) is 3.16. The zero-order valence-corrected chi connectivity index (χ0v) is 12.0. The average molecular weight is 318 g/mol. The fourth-order valence-corrected chi connectivity index (χ4v) is 1.97. The standard InChI is InChI=1S/C14H12F2N6O/c1-8-17-12(20-19-8)9-3-2-4-10(7-9)18-13(23)11-5-6-22(21-11)14(15)16/h2-7,14H,1H3,(H,18,23)(H,17,19,20). The molecule has 2 N–H and O–H groups in total. The molecule has 0 fully saturated rings. The number of halogens is 2. The molecule has 1 amide bonds. The number of carbonyl (C=O) groups is 1. The van der Waals surface area contributed by atoms with Crippen LogP contribution in [0.15, 0.2) is 36.5 Å². The van der Waals surface area contributed by atoms with E-state index in [0.717, 1.165) is 6.20 Å². The molecule has 0 spiro atoms. The Labute approximate surface area is 129 Å². The first-order chi connectivity index (χ1) is 11.0. The monoisotopic (exact) mass is 318 g/mol. The van der Waals surface area contributed by atoms with Crippen molar-refractivity contribution in [1.82, 2.24) is 25.0 Å². The molecule has 0 aliphatic carbocycles. The number of aryl methyl sites for hydroxylation is 1. The molecule has 2 aromatic heterocycles. The maximum absolute atomic E-state index is 12.5. The van der Waals surface area contributed by atoms with Crippen LogP contribution in [-0.4, -0.2) is 30.9 Å². The fraction of sp³-hybridized carbons (Fsp3) is 0.143. The van der Waals surface area contributed by atoms with Gasteiger partial charge in [0.1, 0.15) is 5.82 Å². The summed E-state index contributed by atoms with van der Waals surface area (Å²) in [6, 6.07) is 8.11. The van der Waals surface area contributed by atoms with Gasteiger partial charge >= 0.3 is 6.55 Å². The lowest BCUT2D eigenvalue weighted by molar-refractivity contribution is 0.0561. The first kappa shape index (κ1) is 14.8. The number of carbonyl (C=O) groups excluding carboxylic acids is 1. The molecule has 0 saturated heterocycles. The Hall–Kier alpha value is -3.10. The number of alkyl halides is 2. The molecule has 3 rings (SSSR count). The van der Waals surface area contributed by atoms with Crippen LogP contribution < -0.4 is 5.32 Å². The van der Waals surface area contributed by atoms with Crippen molar-refractivity contribution in [2.45, 2.75) is 13.5 Å². The molecule has 0 unspecified atom stereocenters. The zero-order chi connectivity index (χ0) is 16.4. The minimum Gasteiger partial charge on any atom is -0.321 e. The van der Waals surface area contributed by atoms with Gasteiger partial charge in [-0.15, -0.1) is 0 Å². The third-order valence-electron chi connectivity index (χ3n) is 3.02. The van der Waals surface area contributed by atoms with Crippen molar-refractivity contribution in [2.24, 2.45) is 0 Å². The van der Waals surface area contributed by atoms with Gasteiger partial charge in [0, 0.05) is 17.4 Å². The zero-order valence-electron chi connectivity index (χ0n) is 12.0. The molecule has 0 aliphatic rings. The third kappa shape index (κ3) is 3.23. The summed E-state index contributed by atoms with van der Waals surface area (Å²) in [4.78, 5) is 16.2. The Morgan fingerprint density at radius 2 is 2.17 bits per heavy atom. The Balaban J connectivity index is 1.78. The number of hydrogen-bond acceptors (Lipinski definition) is 4. The number of amides is 1. The molecule has 0 aliphatic heterocycles. The van der Waals surface area contributed by atoms with Gasteiger partial charge in [0.15, 0.2) is 11.5 Å². The lowest BCUT2D eigenvalue weighted by atomic mass is 10.2. The second kappa shape index (κ2) is 5.95. The predicted octanol–water partition coefficient (Wildman–Crippen LogP) is 2.62. The van der Waals surface area contributed by atoms with Crippen molar-refractivity contribution in [3.63, 3.8) is 0 Å². The molecule has 7 nitrogen and oxygen atoms in total. The summed E-state index contributed by atoms with van der Waals surface area (Å²) in [6.45, 7) is -1.00. The second-order valence-electron chi connectivity index (χ2n) is 4.74. The summed E-state index contributed by atoms with van der Waals surface area (Å²) in [7, 11) is 0. The van der Waals surface area contributed by atoms with E-state index < -0.39 is 12.5 Å². The van der Waals surface area contributed by atoms with Crippen molar-refractivity contribution < 1.29 is 13.6 Å². The van der Waals surface area contributed by atoms with Crippen molar-refractivity contribution >= 4 is 11.6 Å². The van der Waals surface area contributed by atoms with Gasteiger partial charge < -0.3 is 5.32 Å². The van der Waals surface area contributed by atoms with Crippen molar-refractivity contribution in [3.05, 3.63) is 48.0 Å². The number of rotatable bonds is 4. The van der Waals surface area contributed by atoms with Crippen LogP contribution in [0.2, 0.25) is 0 Å². The lowest BCUT2D eigenvalue weighted by Crippen LogP contribution is -2.13. The van der Waals surface area contributed by atoms with Gasteiger partial charge in [-0.25, -0.2) is 9.67 Å². The number of hydrogen-bond donors (Lipinski definition) is 2. The van der Waals surface area contributed by atoms with Gasteiger partial charge in [-0.3, -0.25) is 9.89 Å². The van der Waals surface area contributed by atoms with Gasteiger partial charge in [0.25, 0.3) is 5.91 Å². The van der Waals surface area contributed by atoms with Crippen LogP contribution in [0.1, 0.15) is 22.9 Å². The van der Waals surface area contributed by atoms with Crippen LogP contribution >= 0.6 is 0 Å². The molecule has 0 atom stereocenters. The number of nitrogens with one attached hydrogen (secondary N) is 2. The van der Waals surface area contributed by atoms with E-state index in [4.69, 9.17) is 0 Å². The molecule has 9 heteroatoms. The quantitative estimate of drug-likeness (QED) is 0.774. The number of nitrogens with zero attached hydrogens (tertiary/aromatic N) is 4. The van der Waals surface area contributed by atoms with Crippen LogP contribution in [-0.2, 0) is 0 Å². The van der Waals surface area contributed by atoms with Gasteiger partial charge in [0.05, 0.1) is 0 Å². The van der Waals surface area contributed by atoms with Gasteiger partial charge in [0.2, 0.25) is 0 Å². The van der Waals surface area contributed by atoms with E-state index in [9.17, 15) is 13.6 Å². The summed E-state index contributed by atoms with van der Waals surface area (Å²) in [5.74, 6) is 0.597. The summed E-state index contributed by atoms with van der Waals surface area (Å²) in [5.41, 5.74) is 1.11. The molecular formula is C14H12F2N6O. The number of benzene rings is 1. The highest BCUT2D eigenvalue weighted by Gasteiger charge is 2.14. The molecule has 118 valence electrons. The van der Waals surface area contributed by atoms with Crippen LogP contribution in [0, 0.1) is 6.92 Å². The smallest absolute Gasteiger partial charge is 0.321 e. The highest BCUT2D eigenvalue weighted by Crippen LogP contribution is 2.20. The molecule has 0 radical (unpaired) electrons. The maximum Gasteiger partial charge on any atom is 0.333 e. The number of H-pyrrole nitrogens is 1. The van der Waals surface area contributed by atoms with Gasteiger partial charge in [-0.1, -0.05) is 12.1 Å². The summed E-state index contributed by atoms with van der Waals surface area (Å²) in [6.07, 6.45) is 1.05. The Morgan fingerprint density at radius 3 is 2.83 bits per heavy atom. The number of aromatic nitrogens is 5. The van der Waals surface area contributed by atoms with Crippen molar-refractivity contribution in [2.75, 3.05) is 5.32 Å². The van der Waals surface area contributed by atoms with Crippen LogP contribution in [0.5, 0.6) is 0 Å². The molecule has 1 aromatic carbocycles. The molecule has 2 heterocycles. The summed E-state index contributed by atoms with van der Waals surface area (Å²) >= 11 is 0. The minimum atomic E-state index is -2.78. The number of aromatic amines is 1. The first-order valence-electron chi connectivity index (χ1n) is 6.67. The van der Waals surface area contributed by atoms with E-state index in [1.165, 1.54) is 6.07 Å². The largest absolute Gasteiger partial charge is 0.333 e. The van der Waals surface area contributed by atoms with Crippen molar-refractivity contribution in [1.29, 1.82) is 0 Å². The Bertz CT molecular complexity index is 841. The van der Waals surface area contributed by atoms with Crippen LogP contribution in [0.4, 0.5) is 14.5 Å². The van der Waals surface area contributed by atoms with Crippen molar-refractivity contribution in [3.8, 4) is 11.4 Å². The first-order valence-corrected chi connectivity index (χ1v) is 6.67. The van der Waals surface area contributed by atoms with E-state index in [1.807, 2.05) is 0 Å². The second-order valence-corrected chi connectivity index (χ2v) is 4.74. The van der Waals surface area contributed by atoms with Gasteiger partial charge in [-0.05, 0) is 25.1 Å². The molecule has 0 bridgehead atoms. The molecular weight excluding hydrogens is 306 g/mol. The van der Waals surface area contributed by atoms with E-state index in [1.54, 1.807) is 31.2 Å². The summed E-state index contributed by atoms with van der Waals surface area (Å²) < 4.78 is 25.3. The molecule has 23 heavy (non-hydrogen) atoms. The van der Waals surface area contributed by atoms with Crippen LogP contribution in [0.3, 0.4) is 0 Å². The fourth-order valence-electron chi connectivity index (χ4n) is 1.97. The SMILES string of the molecule is Cc1nc(-c2cccc(NC(=O)c3ccn(C(F)F)n3)c2)n[nH]1. The number of anilines is 1. The topological polar surface area (TPSA) is 88.5 Å². The van der Waals surface area contributed by atoms with E-state index in [0.29, 0.717) is 27.6 Å². The van der Waals surface area contributed by atoms with E-state index >= 15 is 0 Å². The highest BCUT2D eigenvalue weighted by atomic mass is 19.3. The lowest BCUT2D eigenvalue weighted by Gasteiger charge is -2.04. The van der Waals surface area contributed by atoms with Crippen LogP contribution in [0.25, 0.3) is 11.4 Å². The maximum atomic E-state index is 12.5. The Morgan fingerprint density at radius 1 is 1.35 bits per heavy atom.